The molecule has 164 valence electrons. The molecule has 8 heteroatoms. The Hall–Kier alpha value is -3.00. The molecule has 0 spiro atoms. The number of amides is 2. The Labute approximate surface area is 192 Å². The zero-order valence-electron chi connectivity index (χ0n) is 17.4. The maximum Gasteiger partial charge on any atom is 0.231 e. The number of hydrogen-bond acceptors (Lipinski definition) is 6. The second-order valence-corrected chi connectivity index (χ2v) is 9.49. The highest BCUT2D eigenvalue weighted by Crippen LogP contribution is 2.55. The molecule has 2 N–H and O–H groups in total. The van der Waals surface area contributed by atoms with Gasteiger partial charge in [0.25, 0.3) is 0 Å². The SMILES string of the molecule is COc1cc(C2C3=CCC4C(=O)NC(=O)C4C3CC3=C2C(=O)C=C(C)C3=O)cc(Br)c1O. The van der Waals surface area contributed by atoms with Gasteiger partial charge >= 0.3 is 0 Å². The molecule has 7 nitrogen and oxygen atoms in total. The fraction of sp³-hybridized carbons (Fsp3) is 0.333. The number of nitrogens with one attached hydrogen (secondary N) is 1. The maximum absolute atomic E-state index is 13.2. The van der Waals surface area contributed by atoms with Crippen molar-refractivity contribution in [1.82, 2.24) is 5.32 Å². The Kier molecular flexibility index (Phi) is 4.74. The van der Waals surface area contributed by atoms with Crippen molar-refractivity contribution < 1.29 is 29.0 Å². The van der Waals surface area contributed by atoms with E-state index in [9.17, 15) is 24.3 Å². The Morgan fingerprint density at radius 3 is 2.59 bits per heavy atom. The lowest BCUT2D eigenvalue weighted by atomic mass is 9.59. The van der Waals surface area contributed by atoms with E-state index in [0.29, 0.717) is 33.2 Å². The molecule has 4 unspecified atom stereocenters. The Morgan fingerprint density at radius 2 is 1.88 bits per heavy atom. The normalized spacial score (nSPS) is 29.1. The molecular weight excluding hydrogens is 478 g/mol. The molecule has 32 heavy (non-hydrogen) atoms. The molecule has 1 saturated heterocycles. The van der Waals surface area contributed by atoms with Crippen molar-refractivity contribution >= 4 is 39.3 Å². The minimum atomic E-state index is -0.584. The van der Waals surface area contributed by atoms with Gasteiger partial charge in [-0.05, 0) is 65.4 Å². The van der Waals surface area contributed by atoms with E-state index in [1.54, 1.807) is 19.1 Å². The summed E-state index contributed by atoms with van der Waals surface area (Å²) in [4.78, 5) is 51.2. The Balaban J connectivity index is 1.74. The zero-order valence-corrected chi connectivity index (χ0v) is 19.0. The number of halogens is 1. The molecule has 2 amide bonds. The molecule has 1 aromatic carbocycles. The van der Waals surface area contributed by atoms with E-state index < -0.39 is 17.8 Å². The van der Waals surface area contributed by atoms with Crippen molar-refractivity contribution in [2.24, 2.45) is 17.8 Å². The molecule has 5 rings (SSSR count). The molecule has 3 aliphatic carbocycles. The third-order valence-electron chi connectivity index (χ3n) is 7.01. The van der Waals surface area contributed by atoms with Crippen LogP contribution in [0.4, 0.5) is 0 Å². The van der Waals surface area contributed by atoms with Crippen LogP contribution in [0.5, 0.6) is 11.5 Å². The van der Waals surface area contributed by atoms with Gasteiger partial charge in [-0.25, -0.2) is 0 Å². The minimum Gasteiger partial charge on any atom is -0.503 e. The number of fused-ring (bicyclic) bond motifs is 3. The highest BCUT2D eigenvalue weighted by Gasteiger charge is 2.53. The van der Waals surface area contributed by atoms with Crippen LogP contribution in [-0.4, -0.2) is 35.6 Å². The highest BCUT2D eigenvalue weighted by molar-refractivity contribution is 9.10. The molecule has 0 bridgehead atoms. The smallest absolute Gasteiger partial charge is 0.231 e. The molecular formula is C24H20BrNO6. The molecule has 1 fully saturated rings. The van der Waals surface area contributed by atoms with Crippen molar-refractivity contribution in [1.29, 1.82) is 0 Å². The van der Waals surface area contributed by atoms with Crippen LogP contribution in [-0.2, 0) is 19.2 Å². The number of carbonyl (C=O) groups excluding carboxylic acids is 4. The molecule has 1 aromatic rings. The van der Waals surface area contributed by atoms with E-state index in [2.05, 4.69) is 21.2 Å². The quantitative estimate of drug-likeness (QED) is 0.369. The lowest BCUT2D eigenvalue weighted by Gasteiger charge is -2.42. The summed E-state index contributed by atoms with van der Waals surface area (Å²) in [6, 6.07) is 3.35. The van der Waals surface area contributed by atoms with Gasteiger partial charge in [-0.3, -0.25) is 24.5 Å². The number of ether oxygens (including phenoxy) is 1. The van der Waals surface area contributed by atoms with Crippen molar-refractivity contribution in [3.8, 4) is 11.5 Å². The number of hydrogen-bond donors (Lipinski definition) is 2. The summed E-state index contributed by atoms with van der Waals surface area (Å²) in [6.07, 6.45) is 3.93. The summed E-state index contributed by atoms with van der Waals surface area (Å²) in [5.74, 6) is -2.90. The Bertz CT molecular complexity index is 1220. The third-order valence-corrected chi connectivity index (χ3v) is 7.61. The van der Waals surface area contributed by atoms with Gasteiger partial charge in [-0.2, -0.15) is 0 Å². The second kappa shape index (κ2) is 7.27. The van der Waals surface area contributed by atoms with Crippen LogP contribution in [0, 0.1) is 17.8 Å². The predicted molar refractivity (Wildman–Crippen MR) is 117 cm³/mol. The van der Waals surface area contributed by atoms with Gasteiger partial charge in [0.15, 0.2) is 23.1 Å². The van der Waals surface area contributed by atoms with Gasteiger partial charge in [0.1, 0.15) is 0 Å². The fourth-order valence-electron chi connectivity index (χ4n) is 5.59. The number of imide groups is 1. The van der Waals surface area contributed by atoms with Gasteiger partial charge < -0.3 is 9.84 Å². The highest BCUT2D eigenvalue weighted by atomic mass is 79.9. The maximum atomic E-state index is 13.2. The largest absolute Gasteiger partial charge is 0.503 e. The summed E-state index contributed by atoms with van der Waals surface area (Å²) >= 11 is 3.34. The monoisotopic (exact) mass is 497 g/mol. The first-order chi connectivity index (χ1) is 15.2. The number of ketones is 2. The molecule has 1 heterocycles. The predicted octanol–water partition coefficient (Wildman–Crippen LogP) is 2.88. The van der Waals surface area contributed by atoms with Gasteiger partial charge in [-0.15, -0.1) is 0 Å². The van der Waals surface area contributed by atoms with Crippen molar-refractivity contribution in [2.45, 2.75) is 25.7 Å². The minimum absolute atomic E-state index is 0.0712. The third kappa shape index (κ3) is 2.85. The second-order valence-electron chi connectivity index (χ2n) is 8.64. The van der Waals surface area contributed by atoms with E-state index in [-0.39, 0.29) is 47.2 Å². The first kappa shape index (κ1) is 20.9. The van der Waals surface area contributed by atoms with Crippen molar-refractivity contribution in [3.05, 3.63) is 56.6 Å². The number of allylic oxidation sites excluding steroid dienone is 6. The molecule has 0 radical (unpaired) electrons. The topological polar surface area (TPSA) is 110 Å². The van der Waals surface area contributed by atoms with E-state index in [1.807, 2.05) is 6.08 Å². The number of phenols is 1. The Morgan fingerprint density at radius 1 is 1.12 bits per heavy atom. The fourth-order valence-corrected chi connectivity index (χ4v) is 6.05. The van der Waals surface area contributed by atoms with E-state index in [0.717, 1.165) is 5.57 Å². The average Bonchev–Trinajstić information content (AvgIpc) is 3.06. The standard InChI is InChI=1S/C24H20BrNO6/c1-9-5-16(27)20-14(21(9)28)8-13-11(3-4-12-19(13)24(31)26-23(12)30)18(20)10-6-15(25)22(29)17(7-10)32-2/h3,5-7,12-13,18-19,29H,4,8H2,1-2H3,(H,26,30,31). The number of Topliss-reactive ketones (excluding diaryl/α,β-unsaturated/α-hetero) is 1. The van der Waals surface area contributed by atoms with Gasteiger partial charge in [0.2, 0.25) is 11.8 Å². The number of carbonyl (C=O) groups is 4. The van der Waals surface area contributed by atoms with Crippen LogP contribution in [0.2, 0.25) is 0 Å². The molecule has 0 aromatic heterocycles. The molecule has 1 aliphatic heterocycles. The van der Waals surface area contributed by atoms with Crippen molar-refractivity contribution in [2.75, 3.05) is 7.11 Å². The summed E-state index contributed by atoms with van der Waals surface area (Å²) in [5.41, 5.74) is 2.67. The number of methoxy groups -OCH3 is 1. The van der Waals surface area contributed by atoms with Gasteiger partial charge in [-0.1, -0.05) is 11.6 Å². The number of phenolic OH excluding ortho intramolecular Hbond substituents is 1. The zero-order chi connectivity index (χ0) is 22.9. The van der Waals surface area contributed by atoms with Crippen LogP contribution in [0.1, 0.15) is 31.2 Å². The molecule has 4 aliphatic rings. The lowest BCUT2D eigenvalue weighted by Crippen LogP contribution is -2.39. The van der Waals surface area contributed by atoms with Crippen LogP contribution < -0.4 is 10.1 Å². The number of aromatic hydroxyl groups is 1. The van der Waals surface area contributed by atoms with Gasteiger partial charge in [0.05, 0.1) is 23.4 Å². The first-order valence-electron chi connectivity index (χ1n) is 10.3. The van der Waals surface area contributed by atoms with Crippen LogP contribution in [0.15, 0.2) is 51.0 Å². The van der Waals surface area contributed by atoms with Crippen LogP contribution in [0.3, 0.4) is 0 Å². The first-order valence-corrected chi connectivity index (χ1v) is 11.1. The van der Waals surface area contributed by atoms with Crippen LogP contribution >= 0.6 is 15.9 Å². The number of benzene rings is 1. The average molecular weight is 498 g/mol. The van der Waals surface area contributed by atoms with E-state index >= 15 is 0 Å². The summed E-state index contributed by atoms with van der Waals surface area (Å²) in [5, 5.41) is 12.7. The van der Waals surface area contributed by atoms with E-state index in [4.69, 9.17) is 4.74 Å². The van der Waals surface area contributed by atoms with Gasteiger partial charge in [0, 0.05) is 22.6 Å². The number of rotatable bonds is 2. The van der Waals surface area contributed by atoms with Crippen molar-refractivity contribution in [3.63, 3.8) is 0 Å². The summed E-state index contributed by atoms with van der Waals surface area (Å²) in [6.45, 7) is 1.61. The van der Waals surface area contributed by atoms with Crippen LogP contribution in [0.25, 0.3) is 0 Å². The lowest BCUT2D eigenvalue weighted by molar-refractivity contribution is -0.126. The van der Waals surface area contributed by atoms with E-state index in [1.165, 1.54) is 13.2 Å². The summed E-state index contributed by atoms with van der Waals surface area (Å²) < 4.78 is 5.70. The molecule has 0 saturated carbocycles. The molecule has 4 atom stereocenters. The summed E-state index contributed by atoms with van der Waals surface area (Å²) in [7, 11) is 1.43.